The van der Waals surface area contributed by atoms with E-state index in [1.54, 1.807) is 6.07 Å². The third-order valence-corrected chi connectivity index (χ3v) is 3.14. The predicted molar refractivity (Wildman–Crippen MR) is 72.9 cm³/mol. The average molecular weight is 345 g/mol. The molecule has 0 bridgehead atoms. The Labute approximate surface area is 132 Å². The molecule has 24 heavy (non-hydrogen) atoms. The minimum Gasteiger partial charge on any atom is -0.405 e. The van der Waals surface area contributed by atoms with Crippen LogP contribution in [0, 0.1) is 11.3 Å². The summed E-state index contributed by atoms with van der Waals surface area (Å²) < 4.78 is 80.7. The molecule has 0 saturated heterocycles. The first-order chi connectivity index (χ1) is 11.1. The van der Waals surface area contributed by atoms with Gasteiger partial charge in [-0.2, -0.15) is 18.4 Å². The van der Waals surface area contributed by atoms with Crippen LogP contribution in [0.3, 0.4) is 0 Å². The molecule has 0 aliphatic carbocycles. The summed E-state index contributed by atoms with van der Waals surface area (Å²) in [4.78, 5) is 0. The van der Waals surface area contributed by atoms with Crippen molar-refractivity contribution in [2.45, 2.75) is 19.0 Å². The van der Waals surface area contributed by atoms with E-state index < -0.39 is 35.8 Å². The number of ether oxygens (including phenoxy) is 1. The Hall–Kier alpha value is -2.69. The van der Waals surface area contributed by atoms with Crippen molar-refractivity contribution in [2.24, 2.45) is 0 Å². The molecule has 2 aromatic rings. The SMILES string of the molecule is N#CCc1c(-c2ccccc2OC(F)(F)F)cccc1C(F)(F)F. The highest BCUT2D eigenvalue weighted by Crippen LogP contribution is 2.40. The average Bonchev–Trinajstić information content (AvgIpc) is 2.46. The summed E-state index contributed by atoms with van der Waals surface area (Å²) in [5.41, 5.74) is -1.77. The van der Waals surface area contributed by atoms with Gasteiger partial charge in [0, 0.05) is 5.56 Å². The molecule has 0 unspecified atom stereocenters. The van der Waals surface area contributed by atoms with Gasteiger partial charge in [-0.05, 0) is 23.3 Å². The molecule has 2 rings (SSSR count). The van der Waals surface area contributed by atoms with Crippen LogP contribution >= 0.6 is 0 Å². The smallest absolute Gasteiger partial charge is 0.405 e. The van der Waals surface area contributed by atoms with Crippen LogP contribution in [-0.4, -0.2) is 6.36 Å². The van der Waals surface area contributed by atoms with E-state index in [9.17, 15) is 26.3 Å². The maximum atomic E-state index is 13.1. The first-order valence-electron chi connectivity index (χ1n) is 6.54. The van der Waals surface area contributed by atoms with Gasteiger partial charge in [0.2, 0.25) is 0 Å². The topological polar surface area (TPSA) is 33.0 Å². The summed E-state index contributed by atoms with van der Waals surface area (Å²) in [5.74, 6) is -0.636. The van der Waals surface area contributed by atoms with E-state index in [2.05, 4.69) is 4.74 Å². The molecule has 8 heteroatoms. The quantitative estimate of drug-likeness (QED) is 0.704. The van der Waals surface area contributed by atoms with Gasteiger partial charge in [0.25, 0.3) is 0 Å². The third-order valence-electron chi connectivity index (χ3n) is 3.14. The van der Waals surface area contributed by atoms with Crippen LogP contribution in [0.4, 0.5) is 26.3 Å². The summed E-state index contributed by atoms with van der Waals surface area (Å²) in [6.45, 7) is 0. The van der Waals surface area contributed by atoms with Crippen molar-refractivity contribution in [3.8, 4) is 22.9 Å². The summed E-state index contributed by atoms with van der Waals surface area (Å²) in [6, 6.07) is 9.53. The molecule has 0 heterocycles. The van der Waals surface area contributed by atoms with Crippen LogP contribution in [0.15, 0.2) is 42.5 Å². The third kappa shape index (κ3) is 3.98. The lowest BCUT2D eigenvalue weighted by atomic mass is 9.93. The van der Waals surface area contributed by atoms with Crippen molar-refractivity contribution in [2.75, 3.05) is 0 Å². The zero-order valence-electron chi connectivity index (χ0n) is 11.9. The normalized spacial score (nSPS) is 11.9. The van der Waals surface area contributed by atoms with Gasteiger partial charge in [0.15, 0.2) is 0 Å². The van der Waals surface area contributed by atoms with Gasteiger partial charge in [-0.15, -0.1) is 13.2 Å². The number of benzene rings is 2. The summed E-state index contributed by atoms with van der Waals surface area (Å²) in [5, 5.41) is 8.81. The zero-order chi connectivity index (χ0) is 18.0. The lowest BCUT2D eigenvalue weighted by molar-refractivity contribution is -0.274. The van der Waals surface area contributed by atoms with Crippen LogP contribution in [-0.2, 0) is 12.6 Å². The molecule has 2 aromatic carbocycles. The molecule has 0 saturated carbocycles. The monoisotopic (exact) mass is 345 g/mol. The van der Waals surface area contributed by atoms with Crippen molar-refractivity contribution in [1.29, 1.82) is 5.26 Å². The first kappa shape index (κ1) is 17.7. The Morgan fingerprint density at radius 1 is 0.875 bits per heavy atom. The molecule has 0 fully saturated rings. The fraction of sp³-hybridized carbons (Fsp3) is 0.188. The van der Waals surface area contributed by atoms with Crippen LogP contribution in [0.2, 0.25) is 0 Å². The van der Waals surface area contributed by atoms with E-state index in [4.69, 9.17) is 5.26 Å². The Kier molecular flexibility index (Phi) is 4.73. The molecule has 0 N–H and O–H groups in total. The van der Waals surface area contributed by atoms with Gasteiger partial charge in [-0.25, -0.2) is 0 Å². The Morgan fingerprint density at radius 2 is 1.50 bits per heavy atom. The van der Waals surface area contributed by atoms with Gasteiger partial charge in [0.1, 0.15) is 5.75 Å². The van der Waals surface area contributed by atoms with Crippen molar-refractivity contribution in [3.05, 3.63) is 53.6 Å². The fourth-order valence-corrected chi connectivity index (χ4v) is 2.28. The molecule has 2 nitrogen and oxygen atoms in total. The van der Waals surface area contributed by atoms with Gasteiger partial charge < -0.3 is 4.74 Å². The maximum Gasteiger partial charge on any atom is 0.573 e. The lowest BCUT2D eigenvalue weighted by Crippen LogP contribution is -2.18. The van der Waals surface area contributed by atoms with Crippen molar-refractivity contribution in [3.63, 3.8) is 0 Å². The second kappa shape index (κ2) is 6.43. The molecule has 0 radical (unpaired) electrons. The second-order valence-corrected chi connectivity index (χ2v) is 4.71. The number of alkyl halides is 6. The van der Waals surface area contributed by atoms with E-state index in [-0.39, 0.29) is 11.1 Å². The number of hydrogen-bond donors (Lipinski definition) is 0. The van der Waals surface area contributed by atoms with Crippen LogP contribution in [0.25, 0.3) is 11.1 Å². The van der Waals surface area contributed by atoms with E-state index in [0.717, 1.165) is 18.2 Å². The van der Waals surface area contributed by atoms with Crippen LogP contribution < -0.4 is 4.74 Å². The van der Waals surface area contributed by atoms with Crippen LogP contribution in [0.5, 0.6) is 5.75 Å². The van der Waals surface area contributed by atoms with E-state index in [1.807, 2.05) is 0 Å². The maximum absolute atomic E-state index is 13.1. The van der Waals surface area contributed by atoms with Crippen LogP contribution in [0.1, 0.15) is 11.1 Å². The summed E-state index contributed by atoms with van der Waals surface area (Å²) in [6.07, 6.45) is -10.3. The standard InChI is InChI=1S/C16H9F6NO/c17-15(18,19)13-6-3-5-10(11(13)8-9-23)12-4-1-2-7-14(12)24-16(20,21)22/h1-7H,8H2. The summed E-state index contributed by atoms with van der Waals surface area (Å²) >= 11 is 0. The fourth-order valence-electron chi connectivity index (χ4n) is 2.28. The molecule has 0 aliphatic rings. The molecular formula is C16H9F6NO. The molecular weight excluding hydrogens is 336 g/mol. The predicted octanol–water partition coefficient (Wildman–Crippen LogP) is 5.34. The minimum atomic E-state index is -4.99. The number of para-hydroxylation sites is 1. The molecule has 126 valence electrons. The highest BCUT2D eigenvalue weighted by atomic mass is 19.4. The molecule has 0 atom stereocenters. The van der Waals surface area contributed by atoms with Crippen molar-refractivity contribution in [1.82, 2.24) is 0 Å². The van der Waals surface area contributed by atoms with Crippen molar-refractivity contribution >= 4 is 0 Å². The number of hydrogen-bond acceptors (Lipinski definition) is 2. The number of halogens is 6. The highest BCUT2D eigenvalue weighted by Gasteiger charge is 2.35. The number of nitrogens with zero attached hydrogens (tertiary/aromatic N) is 1. The lowest BCUT2D eigenvalue weighted by Gasteiger charge is -2.18. The highest BCUT2D eigenvalue weighted by molar-refractivity contribution is 5.75. The number of nitriles is 1. The second-order valence-electron chi connectivity index (χ2n) is 4.71. The zero-order valence-corrected chi connectivity index (χ0v) is 11.9. The van der Waals surface area contributed by atoms with E-state index >= 15 is 0 Å². The van der Waals surface area contributed by atoms with E-state index in [1.165, 1.54) is 24.3 Å². The Bertz CT molecular complexity index is 773. The molecule has 0 amide bonds. The minimum absolute atomic E-state index is 0.133. The molecule has 0 aliphatic heterocycles. The van der Waals surface area contributed by atoms with Gasteiger partial charge in [0.05, 0.1) is 18.1 Å². The van der Waals surface area contributed by atoms with Gasteiger partial charge in [-0.3, -0.25) is 0 Å². The molecule has 0 spiro atoms. The van der Waals surface area contributed by atoms with Crippen molar-refractivity contribution < 1.29 is 31.1 Å². The summed E-state index contributed by atoms with van der Waals surface area (Å²) in [7, 11) is 0. The largest absolute Gasteiger partial charge is 0.573 e. The first-order valence-corrected chi connectivity index (χ1v) is 6.54. The van der Waals surface area contributed by atoms with Gasteiger partial charge in [-0.1, -0.05) is 30.3 Å². The Morgan fingerprint density at radius 3 is 2.08 bits per heavy atom. The number of rotatable bonds is 3. The molecule has 0 aromatic heterocycles. The van der Waals surface area contributed by atoms with E-state index in [0.29, 0.717) is 0 Å². The Balaban J connectivity index is 2.68. The van der Waals surface area contributed by atoms with Gasteiger partial charge >= 0.3 is 12.5 Å².